The molecule has 0 radical (unpaired) electrons. The minimum absolute atomic E-state index is 0.144. The van der Waals surface area contributed by atoms with E-state index in [4.69, 9.17) is 11.6 Å². The van der Waals surface area contributed by atoms with Crippen LogP contribution in [0.15, 0.2) is 48.5 Å². The summed E-state index contributed by atoms with van der Waals surface area (Å²) < 4.78 is 15.6. The molecule has 0 spiro atoms. The molecule has 1 aliphatic carbocycles. The summed E-state index contributed by atoms with van der Waals surface area (Å²) in [4.78, 5) is 24.3. The highest BCUT2D eigenvalue weighted by Gasteiger charge is 2.51. The van der Waals surface area contributed by atoms with Gasteiger partial charge < -0.3 is 15.7 Å². The average Bonchev–Trinajstić information content (AvgIpc) is 3.57. The maximum absolute atomic E-state index is 15.6. The van der Waals surface area contributed by atoms with Gasteiger partial charge in [0.05, 0.1) is 5.69 Å². The van der Waals surface area contributed by atoms with Crippen LogP contribution in [0.1, 0.15) is 58.4 Å². The molecule has 3 aromatic carbocycles. The van der Waals surface area contributed by atoms with Crippen LogP contribution < -0.4 is 10.6 Å². The van der Waals surface area contributed by atoms with E-state index >= 15 is 4.39 Å². The van der Waals surface area contributed by atoms with Gasteiger partial charge in [-0.1, -0.05) is 48.0 Å². The van der Waals surface area contributed by atoms with E-state index in [0.717, 1.165) is 11.1 Å². The normalized spacial score (nSPS) is 14.8. The smallest absolute Gasteiger partial charge is 0.329 e. The van der Waals surface area contributed by atoms with Gasteiger partial charge in [0.1, 0.15) is 5.54 Å². The van der Waals surface area contributed by atoms with Crippen molar-refractivity contribution in [1.82, 2.24) is 5.32 Å². The van der Waals surface area contributed by atoms with Crippen molar-refractivity contribution in [1.29, 1.82) is 0 Å². The topological polar surface area (TPSA) is 78.4 Å². The van der Waals surface area contributed by atoms with Crippen LogP contribution >= 0.6 is 11.6 Å². The Bertz CT molecular complexity index is 1310. The van der Waals surface area contributed by atoms with Crippen LogP contribution in [0, 0.1) is 26.6 Å². The number of halogens is 2. The fourth-order valence-corrected chi connectivity index (χ4v) is 4.51. The molecule has 4 rings (SSSR count). The van der Waals surface area contributed by atoms with Gasteiger partial charge in [0, 0.05) is 22.2 Å². The summed E-state index contributed by atoms with van der Waals surface area (Å²) in [6.07, 6.45) is 0.840. The number of aryl methyl sites for hydroxylation is 3. The molecule has 7 heteroatoms. The predicted molar refractivity (Wildman–Crippen MR) is 137 cm³/mol. The van der Waals surface area contributed by atoms with Gasteiger partial charge in [-0.25, -0.2) is 9.18 Å². The lowest BCUT2D eigenvalue weighted by molar-refractivity contribution is -0.140. The minimum Gasteiger partial charge on any atom is -0.480 e. The Morgan fingerprint density at radius 3 is 2.26 bits per heavy atom. The van der Waals surface area contributed by atoms with Crippen LogP contribution in [0.25, 0.3) is 11.1 Å². The summed E-state index contributed by atoms with van der Waals surface area (Å²) >= 11 is 6.13. The van der Waals surface area contributed by atoms with E-state index in [1.807, 2.05) is 32.0 Å². The van der Waals surface area contributed by atoms with Crippen LogP contribution in [0.5, 0.6) is 0 Å². The third-order valence-electron chi connectivity index (χ3n) is 6.64. The van der Waals surface area contributed by atoms with Gasteiger partial charge in [-0.15, -0.1) is 0 Å². The maximum Gasteiger partial charge on any atom is 0.329 e. The van der Waals surface area contributed by atoms with Gasteiger partial charge in [-0.2, -0.15) is 0 Å². The van der Waals surface area contributed by atoms with Gasteiger partial charge in [0.2, 0.25) is 0 Å². The van der Waals surface area contributed by atoms with Crippen molar-refractivity contribution in [3.63, 3.8) is 0 Å². The molecule has 1 atom stereocenters. The van der Waals surface area contributed by atoms with Gasteiger partial charge in [-0.3, -0.25) is 4.79 Å². The Balaban J connectivity index is 1.61. The number of carbonyl (C=O) groups excluding carboxylic acids is 1. The quantitative estimate of drug-likeness (QED) is 0.346. The van der Waals surface area contributed by atoms with Crippen LogP contribution in [-0.2, 0) is 4.79 Å². The lowest BCUT2D eigenvalue weighted by atomic mass is 9.94. The van der Waals surface area contributed by atoms with Gasteiger partial charge in [-0.05, 0) is 80.5 Å². The number of hydrogen-bond donors (Lipinski definition) is 3. The van der Waals surface area contributed by atoms with E-state index in [1.165, 1.54) is 0 Å². The Morgan fingerprint density at radius 1 is 1.03 bits per heavy atom. The standard InChI is InChI=1S/C28H28ClFN2O3/c1-15-12-19(8-9-22(15)29)18(4)31-23-7-5-6-21(25(23)30)20-13-16(2)24(17(3)14-20)26(33)32-28(10-11-28)27(34)35/h5-9,12-14,18,31H,10-11H2,1-4H3,(H,32,33)(H,34,35). The van der Waals surface area contributed by atoms with Crippen molar-refractivity contribution >= 4 is 29.2 Å². The fraction of sp³-hybridized carbons (Fsp3) is 0.286. The van der Waals surface area contributed by atoms with Crippen molar-refractivity contribution in [3.05, 3.63) is 87.2 Å². The summed E-state index contributed by atoms with van der Waals surface area (Å²) in [5.74, 6) is -1.83. The van der Waals surface area contributed by atoms with Crippen molar-refractivity contribution in [3.8, 4) is 11.1 Å². The van der Waals surface area contributed by atoms with Gasteiger partial charge in [0.25, 0.3) is 5.91 Å². The first kappa shape index (κ1) is 24.7. The molecule has 0 saturated heterocycles. The molecule has 5 nitrogen and oxygen atoms in total. The van der Waals surface area contributed by atoms with Crippen molar-refractivity contribution < 1.29 is 19.1 Å². The van der Waals surface area contributed by atoms with Crippen molar-refractivity contribution in [2.24, 2.45) is 0 Å². The first-order valence-electron chi connectivity index (χ1n) is 11.5. The molecule has 0 aliphatic heterocycles. The third kappa shape index (κ3) is 4.89. The summed E-state index contributed by atoms with van der Waals surface area (Å²) in [7, 11) is 0. The molecule has 1 aliphatic rings. The predicted octanol–water partition coefficient (Wildman–Crippen LogP) is 6.59. The molecule has 1 saturated carbocycles. The summed E-state index contributed by atoms with van der Waals surface area (Å²) in [5, 5.41) is 16.0. The van der Waals surface area contributed by atoms with E-state index in [0.29, 0.717) is 51.4 Å². The monoisotopic (exact) mass is 494 g/mol. The first-order chi connectivity index (χ1) is 16.5. The fourth-order valence-electron chi connectivity index (χ4n) is 4.39. The zero-order valence-corrected chi connectivity index (χ0v) is 20.9. The second kappa shape index (κ2) is 9.34. The van der Waals surface area contributed by atoms with Gasteiger partial charge in [0.15, 0.2) is 5.82 Å². The molecular formula is C28H28ClFN2O3. The number of rotatable bonds is 7. The molecular weight excluding hydrogens is 467 g/mol. The van der Waals surface area contributed by atoms with E-state index < -0.39 is 17.4 Å². The largest absolute Gasteiger partial charge is 0.480 e. The Morgan fingerprint density at radius 2 is 1.69 bits per heavy atom. The lowest BCUT2D eigenvalue weighted by Gasteiger charge is -2.19. The van der Waals surface area contributed by atoms with E-state index in [2.05, 4.69) is 10.6 Å². The Hall–Kier alpha value is -3.38. The highest BCUT2D eigenvalue weighted by molar-refractivity contribution is 6.31. The molecule has 1 amide bonds. The molecule has 0 aromatic heterocycles. The Labute approximate surface area is 209 Å². The number of anilines is 1. The molecule has 0 heterocycles. The zero-order chi connectivity index (χ0) is 25.5. The molecule has 3 aromatic rings. The van der Waals surface area contributed by atoms with E-state index in [-0.39, 0.29) is 11.9 Å². The summed E-state index contributed by atoms with van der Waals surface area (Å²) in [5.41, 5.74) is 3.94. The molecule has 182 valence electrons. The minimum atomic E-state index is -1.17. The van der Waals surface area contributed by atoms with Crippen molar-refractivity contribution in [2.75, 3.05) is 5.32 Å². The number of amides is 1. The average molecular weight is 495 g/mol. The SMILES string of the molecule is Cc1cc(C(C)Nc2cccc(-c3cc(C)c(C(=O)NC4(C(=O)O)CC4)c(C)c3)c2F)ccc1Cl. The summed E-state index contributed by atoms with van der Waals surface area (Å²) in [6, 6.07) is 14.3. The van der Waals surface area contributed by atoms with Gasteiger partial charge >= 0.3 is 5.97 Å². The number of carboxylic acid groups (broad SMARTS) is 1. The van der Waals surface area contributed by atoms with E-state index in [1.54, 1.807) is 44.2 Å². The van der Waals surface area contributed by atoms with Crippen LogP contribution in [-0.4, -0.2) is 22.5 Å². The second-order valence-electron chi connectivity index (χ2n) is 9.37. The second-order valence-corrected chi connectivity index (χ2v) is 9.78. The third-order valence-corrected chi connectivity index (χ3v) is 7.06. The number of aliphatic carboxylic acids is 1. The highest BCUT2D eigenvalue weighted by Crippen LogP contribution is 2.37. The zero-order valence-electron chi connectivity index (χ0n) is 20.1. The molecule has 0 bridgehead atoms. The first-order valence-corrected chi connectivity index (χ1v) is 11.9. The maximum atomic E-state index is 15.6. The molecule has 3 N–H and O–H groups in total. The molecule has 1 unspecified atom stereocenters. The van der Waals surface area contributed by atoms with Crippen LogP contribution in [0.3, 0.4) is 0 Å². The molecule has 1 fully saturated rings. The summed E-state index contributed by atoms with van der Waals surface area (Å²) in [6.45, 7) is 7.44. The number of hydrogen-bond acceptors (Lipinski definition) is 3. The highest BCUT2D eigenvalue weighted by atomic mass is 35.5. The van der Waals surface area contributed by atoms with Crippen molar-refractivity contribution in [2.45, 2.75) is 52.1 Å². The molecule has 35 heavy (non-hydrogen) atoms. The number of carbonyl (C=O) groups is 2. The number of carboxylic acids is 1. The van der Waals surface area contributed by atoms with Crippen LogP contribution in [0.2, 0.25) is 5.02 Å². The number of nitrogens with one attached hydrogen (secondary N) is 2. The van der Waals surface area contributed by atoms with Crippen LogP contribution in [0.4, 0.5) is 10.1 Å². The Kier molecular flexibility index (Phi) is 6.60. The number of benzene rings is 3. The van der Waals surface area contributed by atoms with E-state index in [9.17, 15) is 14.7 Å². The lowest BCUT2D eigenvalue weighted by Crippen LogP contribution is -2.43.